The predicted octanol–water partition coefficient (Wildman–Crippen LogP) is 3.48. The highest BCUT2D eigenvalue weighted by atomic mass is 19.4. The van der Waals surface area contributed by atoms with E-state index in [1.165, 1.54) is 12.1 Å². The molecule has 2 aromatic heterocycles. The van der Waals surface area contributed by atoms with Crippen molar-refractivity contribution >= 4 is 5.65 Å². The second kappa shape index (κ2) is 4.89. The zero-order valence-electron chi connectivity index (χ0n) is 10.9. The summed E-state index contributed by atoms with van der Waals surface area (Å²) >= 11 is 0. The summed E-state index contributed by atoms with van der Waals surface area (Å²) < 4.78 is 40.9. The zero-order chi connectivity index (χ0) is 15.0. The van der Waals surface area contributed by atoms with Crippen LogP contribution in [0.3, 0.4) is 0 Å². The van der Waals surface area contributed by atoms with E-state index in [2.05, 4.69) is 4.98 Å². The first-order valence-electron chi connectivity index (χ1n) is 6.33. The lowest BCUT2D eigenvalue weighted by Crippen LogP contribution is -2.06. The minimum atomic E-state index is -4.41. The fourth-order valence-corrected chi connectivity index (χ4v) is 2.23. The molecule has 0 saturated heterocycles. The van der Waals surface area contributed by atoms with Gasteiger partial charge in [0.2, 0.25) is 0 Å². The van der Waals surface area contributed by atoms with Gasteiger partial charge in [0, 0.05) is 24.5 Å². The predicted molar refractivity (Wildman–Crippen MR) is 73.5 cm³/mol. The second-order valence-corrected chi connectivity index (χ2v) is 4.67. The number of benzene rings is 1. The van der Waals surface area contributed by atoms with Crippen molar-refractivity contribution in [1.82, 2.24) is 9.38 Å². The number of nitrogens with zero attached hydrogens (tertiary/aromatic N) is 2. The number of halogens is 3. The number of pyridine rings is 1. The molecule has 0 radical (unpaired) electrons. The Morgan fingerprint density at radius 1 is 1.14 bits per heavy atom. The van der Waals surface area contributed by atoms with Crippen LogP contribution in [-0.2, 0) is 12.7 Å². The standard InChI is InChI=1S/C15H12F3N3/c16-15(17,18)12-4-2-1-3-11(12)13-9-21-6-5-10(8-19)7-14(21)20-13/h1-7,9H,8,19H2. The molecule has 0 saturated carbocycles. The smallest absolute Gasteiger partial charge is 0.326 e. The van der Waals surface area contributed by atoms with Gasteiger partial charge in [-0.05, 0) is 23.8 Å². The number of fused-ring (bicyclic) bond motifs is 1. The Bertz CT molecular complexity index is 790. The number of rotatable bonds is 2. The van der Waals surface area contributed by atoms with E-state index in [4.69, 9.17) is 5.73 Å². The van der Waals surface area contributed by atoms with E-state index < -0.39 is 11.7 Å². The molecule has 21 heavy (non-hydrogen) atoms. The van der Waals surface area contributed by atoms with Gasteiger partial charge in [-0.15, -0.1) is 0 Å². The summed E-state index contributed by atoms with van der Waals surface area (Å²) in [5.74, 6) is 0. The first-order chi connectivity index (χ1) is 9.99. The normalized spacial score (nSPS) is 12.0. The summed E-state index contributed by atoms with van der Waals surface area (Å²) in [7, 11) is 0. The molecule has 0 aliphatic carbocycles. The molecule has 6 heteroatoms. The lowest BCUT2D eigenvalue weighted by Gasteiger charge is -2.10. The topological polar surface area (TPSA) is 43.3 Å². The highest BCUT2D eigenvalue weighted by Crippen LogP contribution is 2.36. The van der Waals surface area contributed by atoms with Crippen molar-refractivity contribution in [1.29, 1.82) is 0 Å². The molecule has 0 amide bonds. The van der Waals surface area contributed by atoms with Crippen molar-refractivity contribution in [3.63, 3.8) is 0 Å². The summed E-state index contributed by atoms with van der Waals surface area (Å²) in [4.78, 5) is 4.27. The zero-order valence-corrected chi connectivity index (χ0v) is 10.9. The molecule has 1 aromatic carbocycles. The van der Waals surface area contributed by atoms with Crippen LogP contribution in [-0.4, -0.2) is 9.38 Å². The van der Waals surface area contributed by atoms with Crippen LogP contribution in [0.25, 0.3) is 16.9 Å². The van der Waals surface area contributed by atoms with E-state index in [0.29, 0.717) is 12.2 Å². The van der Waals surface area contributed by atoms with Crippen LogP contribution in [0.1, 0.15) is 11.1 Å². The molecule has 0 atom stereocenters. The summed E-state index contributed by atoms with van der Waals surface area (Å²) in [5.41, 5.74) is 6.68. The molecular formula is C15H12F3N3. The van der Waals surface area contributed by atoms with Crippen LogP contribution in [0.5, 0.6) is 0 Å². The van der Waals surface area contributed by atoms with Gasteiger partial charge >= 0.3 is 6.18 Å². The number of alkyl halides is 3. The van der Waals surface area contributed by atoms with Crippen LogP contribution < -0.4 is 5.73 Å². The SMILES string of the molecule is NCc1ccn2cc(-c3ccccc3C(F)(F)F)nc2c1. The minimum absolute atomic E-state index is 0.0722. The highest BCUT2D eigenvalue weighted by molar-refractivity contribution is 5.67. The Balaban J connectivity index is 2.17. The van der Waals surface area contributed by atoms with Gasteiger partial charge in [-0.3, -0.25) is 0 Å². The maximum absolute atomic E-state index is 13.1. The Labute approximate surface area is 118 Å². The third-order valence-corrected chi connectivity index (χ3v) is 3.27. The van der Waals surface area contributed by atoms with Crippen molar-refractivity contribution in [3.8, 4) is 11.3 Å². The fraction of sp³-hybridized carbons (Fsp3) is 0.133. The Morgan fingerprint density at radius 2 is 1.90 bits per heavy atom. The average Bonchev–Trinajstić information content (AvgIpc) is 2.89. The van der Waals surface area contributed by atoms with Crippen LogP contribution in [0.2, 0.25) is 0 Å². The van der Waals surface area contributed by atoms with E-state index in [9.17, 15) is 13.2 Å². The van der Waals surface area contributed by atoms with Gasteiger partial charge < -0.3 is 10.1 Å². The summed E-state index contributed by atoms with van der Waals surface area (Å²) in [6.07, 6.45) is -1.08. The lowest BCUT2D eigenvalue weighted by molar-refractivity contribution is -0.137. The fourth-order valence-electron chi connectivity index (χ4n) is 2.23. The van der Waals surface area contributed by atoms with Gasteiger partial charge in [-0.1, -0.05) is 18.2 Å². The molecule has 0 spiro atoms. The molecule has 2 N–H and O–H groups in total. The molecule has 0 bridgehead atoms. The van der Waals surface area contributed by atoms with Crippen LogP contribution in [0, 0.1) is 0 Å². The molecule has 3 aromatic rings. The average molecular weight is 291 g/mol. The highest BCUT2D eigenvalue weighted by Gasteiger charge is 2.33. The minimum Gasteiger partial charge on any atom is -0.326 e. The molecule has 2 heterocycles. The van der Waals surface area contributed by atoms with Gasteiger partial charge in [-0.25, -0.2) is 4.98 Å². The molecule has 108 valence electrons. The number of aromatic nitrogens is 2. The Morgan fingerprint density at radius 3 is 2.62 bits per heavy atom. The van der Waals surface area contributed by atoms with Crippen molar-refractivity contribution in [2.45, 2.75) is 12.7 Å². The third-order valence-electron chi connectivity index (χ3n) is 3.27. The van der Waals surface area contributed by atoms with E-state index in [0.717, 1.165) is 11.6 Å². The van der Waals surface area contributed by atoms with E-state index in [1.54, 1.807) is 28.9 Å². The van der Waals surface area contributed by atoms with Gasteiger partial charge in [-0.2, -0.15) is 13.2 Å². The van der Waals surface area contributed by atoms with Gasteiger partial charge in [0.1, 0.15) is 5.65 Å². The van der Waals surface area contributed by atoms with Crippen molar-refractivity contribution in [2.75, 3.05) is 0 Å². The maximum atomic E-state index is 13.1. The molecule has 0 aliphatic rings. The Kier molecular flexibility index (Phi) is 3.17. The van der Waals surface area contributed by atoms with E-state index >= 15 is 0 Å². The molecule has 0 unspecified atom stereocenters. The maximum Gasteiger partial charge on any atom is 0.417 e. The summed E-state index contributed by atoms with van der Waals surface area (Å²) in [6, 6.07) is 9.00. The van der Waals surface area contributed by atoms with Crippen molar-refractivity contribution < 1.29 is 13.2 Å². The lowest BCUT2D eigenvalue weighted by atomic mass is 10.1. The Hall–Kier alpha value is -2.34. The summed E-state index contributed by atoms with van der Waals surface area (Å²) in [5, 5.41) is 0. The molecule has 3 rings (SSSR count). The monoisotopic (exact) mass is 291 g/mol. The van der Waals surface area contributed by atoms with Crippen LogP contribution in [0.15, 0.2) is 48.8 Å². The van der Waals surface area contributed by atoms with Gasteiger partial charge in [0.25, 0.3) is 0 Å². The van der Waals surface area contributed by atoms with E-state index in [-0.39, 0.29) is 11.3 Å². The number of nitrogens with two attached hydrogens (primary N) is 1. The quantitative estimate of drug-likeness (QED) is 0.785. The second-order valence-electron chi connectivity index (χ2n) is 4.67. The number of imidazole rings is 1. The largest absolute Gasteiger partial charge is 0.417 e. The first-order valence-corrected chi connectivity index (χ1v) is 6.33. The van der Waals surface area contributed by atoms with Gasteiger partial charge in [0.05, 0.1) is 11.3 Å². The van der Waals surface area contributed by atoms with Crippen LogP contribution in [0.4, 0.5) is 13.2 Å². The third kappa shape index (κ3) is 2.50. The molecule has 0 fully saturated rings. The van der Waals surface area contributed by atoms with Gasteiger partial charge in [0.15, 0.2) is 0 Å². The number of hydrogen-bond donors (Lipinski definition) is 1. The first kappa shape index (κ1) is 13.6. The summed E-state index contributed by atoms with van der Waals surface area (Å²) in [6.45, 7) is 0.359. The van der Waals surface area contributed by atoms with Crippen molar-refractivity contribution in [3.05, 3.63) is 59.9 Å². The molecular weight excluding hydrogens is 279 g/mol. The number of hydrogen-bond acceptors (Lipinski definition) is 2. The van der Waals surface area contributed by atoms with E-state index in [1.807, 2.05) is 6.07 Å². The molecule has 3 nitrogen and oxygen atoms in total. The van der Waals surface area contributed by atoms with Crippen LogP contribution >= 0.6 is 0 Å². The van der Waals surface area contributed by atoms with Crippen molar-refractivity contribution in [2.24, 2.45) is 5.73 Å². The molecule has 0 aliphatic heterocycles.